The first-order valence-corrected chi connectivity index (χ1v) is 11.3. The Morgan fingerprint density at radius 3 is 2.50 bits per heavy atom. The van der Waals surface area contributed by atoms with E-state index in [1.165, 1.54) is 29.3 Å². The van der Waals surface area contributed by atoms with Crippen LogP contribution in [0.1, 0.15) is 17.8 Å². The van der Waals surface area contributed by atoms with Crippen LogP contribution < -0.4 is 4.90 Å². The predicted octanol–water partition coefficient (Wildman–Crippen LogP) is 1.39. The Balaban J connectivity index is 1.51. The third kappa shape index (κ3) is 2.61. The standard InChI is InChI=1S/C21H22N4O4S/c1-23(2)30(28,29)24-12-22-17-11-16-13(10-18(17)24)8-9-15-19(16)21(27)25(20(15)26)14-6-4-3-5-7-14/h3-8,12,15-16,19H,9-11H2,1-2H3/t15-,16+,19-/m1/s1. The monoisotopic (exact) mass is 426 g/mol. The van der Waals surface area contributed by atoms with Gasteiger partial charge >= 0.3 is 10.2 Å². The van der Waals surface area contributed by atoms with Gasteiger partial charge in [0.25, 0.3) is 0 Å². The number of amides is 2. The quantitative estimate of drug-likeness (QED) is 0.546. The molecule has 3 aliphatic rings. The highest BCUT2D eigenvalue weighted by Crippen LogP contribution is 2.47. The zero-order chi connectivity index (χ0) is 21.2. The Kier molecular flexibility index (Phi) is 4.23. The third-order valence-corrected chi connectivity index (χ3v) is 8.18. The van der Waals surface area contributed by atoms with E-state index in [2.05, 4.69) is 4.98 Å². The summed E-state index contributed by atoms with van der Waals surface area (Å²) in [5.41, 5.74) is 2.94. The molecule has 0 spiro atoms. The highest BCUT2D eigenvalue weighted by molar-refractivity contribution is 7.87. The van der Waals surface area contributed by atoms with Crippen molar-refractivity contribution in [1.29, 1.82) is 0 Å². The average molecular weight is 426 g/mol. The van der Waals surface area contributed by atoms with Gasteiger partial charge in [0.1, 0.15) is 6.33 Å². The van der Waals surface area contributed by atoms with Gasteiger partial charge < -0.3 is 0 Å². The summed E-state index contributed by atoms with van der Waals surface area (Å²) < 4.78 is 27.6. The summed E-state index contributed by atoms with van der Waals surface area (Å²) in [4.78, 5) is 32.0. The molecule has 9 heteroatoms. The number of aromatic nitrogens is 2. The highest BCUT2D eigenvalue weighted by atomic mass is 32.2. The number of rotatable bonds is 3. The Bertz CT molecular complexity index is 1180. The topological polar surface area (TPSA) is 92.6 Å². The van der Waals surface area contributed by atoms with Gasteiger partial charge in [-0.1, -0.05) is 29.8 Å². The van der Waals surface area contributed by atoms with Crippen LogP contribution in [0.25, 0.3) is 0 Å². The van der Waals surface area contributed by atoms with Gasteiger partial charge in [0, 0.05) is 20.5 Å². The van der Waals surface area contributed by atoms with E-state index in [1.54, 1.807) is 12.1 Å². The van der Waals surface area contributed by atoms with E-state index in [-0.39, 0.29) is 23.7 Å². The summed E-state index contributed by atoms with van der Waals surface area (Å²) in [6.07, 6.45) is 4.73. The average Bonchev–Trinajstić information content (AvgIpc) is 3.25. The Morgan fingerprint density at radius 2 is 1.80 bits per heavy atom. The largest absolute Gasteiger partial charge is 0.308 e. The lowest BCUT2D eigenvalue weighted by molar-refractivity contribution is -0.122. The summed E-state index contributed by atoms with van der Waals surface area (Å²) in [7, 11) is -0.694. The Hall–Kier alpha value is -2.78. The molecule has 1 fully saturated rings. The number of anilines is 1. The minimum Gasteiger partial charge on any atom is -0.274 e. The smallest absolute Gasteiger partial charge is 0.274 e. The number of imidazole rings is 1. The lowest BCUT2D eigenvalue weighted by Crippen LogP contribution is -2.37. The first-order chi connectivity index (χ1) is 14.3. The predicted molar refractivity (Wildman–Crippen MR) is 110 cm³/mol. The third-order valence-electron chi connectivity index (χ3n) is 6.45. The van der Waals surface area contributed by atoms with E-state index in [0.29, 0.717) is 36.3 Å². The van der Waals surface area contributed by atoms with Gasteiger partial charge in [0.15, 0.2) is 0 Å². The molecular weight excluding hydrogens is 404 g/mol. The minimum atomic E-state index is -3.66. The molecule has 0 saturated carbocycles. The number of benzene rings is 1. The Morgan fingerprint density at radius 1 is 1.07 bits per heavy atom. The molecule has 8 nitrogen and oxygen atoms in total. The summed E-state index contributed by atoms with van der Waals surface area (Å²) in [5.74, 6) is -1.26. The second-order valence-corrected chi connectivity index (χ2v) is 10.2. The van der Waals surface area contributed by atoms with Gasteiger partial charge in [-0.15, -0.1) is 0 Å². The first kappa shape index (κ1) is 19.2. The van der Waals surface area contributed by atoms with Crippen molar-refractivity contribution >= 4 is 27.7 Å². The van der Waals surface area contributed by atoms with Crippen molar-refractivity contribution in [3.05, 3.63) is 59.7 Å². The number of allylic oxidation sites excluding steroid dienone is 2. The molecule has 0 N–H and O–H groups in total. The minimum absolute atomic E-state index is 0.133. The second kappa shape index (κ2) is 6.61. The van der Waals surface area contributed by atoms with E-state index >= 15 is 0 Å². The number of carbonyl (C=O) groups is 2. The summed E-state index contributed by atoms with van der Waals surface area (Å²) in [6, 6.07) is 9.02. The van der Waals surface area contributed by atoms with Gasteiger partial charge in [0.05, 0.1) is 28.9 Å². The molecule has 3 atom stereocenters. The molecule has 2 aromatic rings. The van der Waals surface area contributed by atoms with Crippen molar-refractivity contribution in [2.75, 3.05) is 19.0 Å². The maximum atomic E-state index is 13.3. The van der Waals surface area contributed by atoms with E-state index in [1.807, 2.05) is 24.3 Å². The summed E-state index contributed by atoms with van der Waals surface area (Å²) >= 11 is 0. The molecule has 1 saturated heterocycles. The fourth-order valence-electron chi connectivity index (χ4n) is 4.92. The lowest BCUT2D eigenvalue weighted by atomic mass is 9.68. The zero-order valence-corrected chi connectivity index (χ0v) is 17.5. The lowest BCUT2D eigenvalue weighted by Gasteiger charge is -2.35. The van der Waals surface area contributed by atoms with Crippen molar-refractivity contribution in [3.8, 4) is 0 Å². The van der Waals surface area contributed by atoms with Gasteiger partial charge in [-0.3, -0.25) is 14.5 Å². The number of imide groups is 1. The molecule has 1 aliphatic heterocycles. The molecule has 0 bridgehead atoms. The zero-order valence-electron chi connectivity index (χ0n) is 16.7. The van der Waals surface area contributed by atoms with Gasteiger partial charge in [0.2, 0.25) is 11.8 Å². The fraction of sp³-hybridized carbons (Fsp3) is 0.381. The second-order valence-electron chi connectivity index (χ2n) is 8.21. The SMILES string of the molecule is CN(C)S(=O)(=O)n1cnc2c1CC1=CC[C@H]3C(=O)N(c4ccccc4)C(=O)[C@H]3[C@H]1C2. The molecule has 2 amide bonds. The summed E-state index contributed by atoms with van der Waals surface area (Å²) in [6.45, 7) is 0. The van der Waals surface area contributed by atoms with E-state index in [9.17, 15) is 18.0 Å². The molecule has 0 unspecified atom stereocenters. The summed E-state index contributed by atoms with van der Waals surface area (Å²) in [5, 5.41) is 0. The van der Waals surface area contributed by atoms with Gasteiger partial charge in [-0.05, 0) is 30.9 Å². The first-order valence-electron chi connectivity index (χ1n) is 9.90. The molecule has 156 valence electrons. The van der Waals surface area contributed by atoms with Crippen LogP contribution in [0.15, 0.2) is 48.3 Å². The van der Waals surface area contributed by atoms with E-state index in [4.69, 9.17) is 0 Å². The van der Waals surface area contributed by atoms with Crippen LogP contribution in [-0.2, 0) is 32.6 Å². The Labute approximate surface area is 175 Å². The molecule has 2 heterocycles. The van der Waals surface area contributed by atoms with Gasteiger partial charge in [-0.2, -0.15) is 12.7 Å². The molecule has 1 aromatic heterocycles. The maximum absolute atomic E-state index is 13.3. The van der Waals surface area contributed by atoms with Crippen LogP contribution in [0.3, 0.4) is 0 Å². The molecule has 30 heavy (non-hydrogen) atoms. The molecule has 2 aliphatic carbocycles. The normalized spacial score (nSPS) is 25.8. The van der Waals surface area contributed by atoms with Crippen LogP contribution >= 0.6 is 0 Å². The number of hydrogen-bond donors (Lipinski definition) is 0. The number of hydrogen-bond acceptors (Lipinski definition) is 5. The van der Waals surface area contributed by atoms with E-state index < -0.39 is 16.1 Å². The molecule has 0 radical (unpaired) electrons. The van der Waals surface area contributed by atoms with Crippen LogP contribution in [0.5, 0.6) is 0 Å². The van der Waals surface area contributed by atoms with Crippen molar-refractivity contribution in [1.82, 2.24) is 13.3 Å². The van der Waals surface area contributed by atoms with Crippen LogP contribution in [0, 0.1) is 17.8 Å². The molecule has 5 rings (SSSR count). The van der Waals surface area contributed by atoms with Crippen molar-refractivity contribution in [2.45, 2.75) is 19.3 Å². The van der Waals surface area contributed by atoms with E-state index in [0.717, 1.165) is 9.88 Å². The number of fused-ring (bicyclic) bond motifs is 4. The van der Waals surface area contributed by atoms with Crippen molar-refractivity contribution in [2.24, 2.45) is 17.8 Å². The fourth-order valence-corrected chi connectivity index (χ4v) is 5.89. The van der Waals surface area contributed by atoms with Crippen LogP contribution in [0.4, 0.5) is 5.69 Å². The number of nitrogens with zero attached hydrogens (tertiary/aromatic N) is 4. The van der Waals surface area contributed by atoms with Crippen molar-refractivity contribution in [3.63, 3.8) is 0 Å². The van der Waals surface area contributed by atoms with Crippen LogP contribution in [-0.4, -0.2) is 47.6 Å². The molecule has 1 aromatic carbocycles. The van der Waals surface area contributed by atoms with Crippen LogP contribution in [0.2, 0.25) is 0 Å². The van der Waals surface area contributed by atoms with Crippen molar-refractivity contribution < 1.29 is 18.0 Å². The molecular formula is C21H22N4O4S. The number of carbonyl (C=O) groups excluding carboxylic acids is 2. The highest BCUT2D eigenvalue weighted by Gasteiger charge is 2.54. The van der Waals surface area contributed by atoms with Gasteiger partial charge in [-0.25, -0.2) is 8.96 Å². The maximum Gasteiger partial charge on any atom is 0.308 e. The number of para-hydroxylation sites is 1.